The van der Waals surface area contributed by atoms with Gasteiger partial charge in [-0.25, -0.2) is 9.52 Å². The first kappa shape index (κ1) is 15.5. The van der Waals surface area contributed by atoms with Crippen molar-refractivity contribution < 1.29 is 17.9 Å². The average Bonchev–Trinajstić information content (AvgIpc) is 2.13. The molecule has 8 heteroatoms. The first-order chi connectivity index (χ1) is 7.20. The molecule has 0 aromatic rings. The number of hydrogen-bond acceptors (Lipinski definition) is 4. The Morgan fingerprint density at radius 1 is 1.44 bits per heavy atom. The summed E-state index contributed by atoms with van der Waals surface area (Å²) in [6.45, 7) is 4.87. The number of alkyl halides is 1. The number of carbonyl (C=O) groups is 1. The van der Waals surface area contributed by atoms with Crippen LogP contribution in [0, 0.1) is 0 Å². The molecule has 1 amide bonds. The van der Waals surface area contributed by atoms with Crippen molar-refractivity contribution in [1.29, 1.82) is 0 Å². The van der Waals surface area contributed by atoms with Crippen LogP contribution >= 0.6 is 11.6 Å². The minimum absolute atomic E-state index is 0.136. The molecular formula is C8H17ClN2O4S. The van der Waals surface area contributed by atoms with E-state index in [0.717, 1.165) is 4.31 Å². The molecule has 0 saturated heterocycles. The molecule has 1 unspecified atom stereocenters. The predicted octanol–water partition coefficient (Wildman–Crippen LogP) is 0.925. The van der Waals surface area contributed by atoms with Gasteiger partial charge >= 0.3 is 16.3 Å². The molecule has 0 spiro atoms. The van der Waals surface area contributed by atoms with Crippen LogP contribution < -0.4 is 4.72 Å². The topological polar surface area (TPSA) is 75.7 Å². The highest BCUT2D eigenvalue weighted by atomic mass is 35.5. The normalized spacial score (nSPS) is 13.9. The van der Waals surface area contributed by atoms with E-state index in [9.17, 15) is 13.2 Å². The van der Waals surface area contributed by atoms with Gasteiger partial charge in [-0.2, -0.15) is 12.7 Å². The highest BCUT2D eigenvalue weighted by Crippen LogP contribution is 2.04. The molecule has 0 aromatic heterocycles. The Bertz CT molecular complexity index is 331. The number of nitrogens with one attached hydrogen (secondary N) is 1. The zero-order valence-corrected chi connectivity index (χ0v) is 11.3. The monoisotopic (exact) mass is 272 g/mol. The van der Waals surface area contributed by atoms with E-state index in [1.54, 1.807) is 25.5 Å². The van der Waals surface area contributed by atoms with Crippen LogP contribution in [0.2, 0.25) is 0 Å². The maximum atomic E-state index is 11.6. The van der Waals surface area contributed by atoms with Crippen LogP contribution in [-0.4, -0.2) is 43.9 Å². The third-order valence-electron chi connectivity index (χ3n) is 1.78. The Labute approximate surface area is 101 Å². The van der Waals surface area contributed by atoms with Gasteiger partial charge in [0.25, 0.3) is 0 Å². The number of hydrogen-bond donors (Lipinski definition) is 1. The highest BCUT2D eigenvalue weighted by molar-refractivity contribution is 7.87. The van der Waals surface area contributed by atoms with Crippen molar-refractivity contribution in [1.82, 2.24) is 9.03 Å². The Morgan fingerprint density at radius 3 is 2.31 bits per heavy atom. The Morgan fingerprint density at radius 2 is 1.94 bits per heavy atom. The van der Waals surface area contributed by atoms with Crippen LogP contribution in [0.4, 0.5) is 4.79 Å². The lowest BCUT2D eigenvalue weighted by atomic mass is 10.4. The van der Waals surface area contributed by atoms with E-state index in [1.165, 1.54) is 7.05 Å². The number of nitrogens with zero attached hydrogens (tertiary/aromatic N) is 1. The fourth-order valence-electron chi connectivity index (χ4n) is 0.750. The summed E-state index contributed by atoms with van der Waals surface area (Å²) in [4.78, 5) is 11.1. The van der Waals surface area contributed by atoms with Gasteiger partial charge in [0, 0.05) is 19.0 Å². The smallest absolute Gasteiger partial charge is 0.422 e. The number of halogens is 1. The standard InChI is InChI=1S/C8H17ClN2O4S/c1-6(2)15-8(12)10-16(13,14)11(4)7(3)5-9/h6-7H,5H2,1-4H3,(H,10,12). The number of rotatable bonds is 5. The molecule has 1 N–H and O–H groups in total. The molecule has 0 aliphatic heterocycles. The van der Waals surface area contributed by atoms with Gasteiger partial charge in [0.2, 0.25) is 0 Å². The van der Waals surface area contributed by atoms with Gasteiger partial charge in [0.15, 0.2) is 0 Å². The molecule has 0 bridgehead atoms. The molecular weight excluding hydrogens is 256 g/mol. The second-order valence-corrected chi connectivity index (χ2v) is 5.62. The van der Waals surface area contributed by atoms with E-state index < -0.39 is 22.3 Å². The molecule has 6 nitrogen and oxygen atoms in total. The SMILES string of the molecule is CC(C)OC(=O)NS(=O)(=O)N(C)C(C)CCl. The zero-order valence-electron chi connectivity index (χ0n) is 9.73. The van der Waals surface area contributed by atoms with Crippen molar-refractivity contribution in [3.8, 4) is 0 Å². The summed E-state index contributed by atoms with van der Waals surface area (Å²) in [6, 6.07) is -0.411. The van der Waals surface area contributed by atoms with Crippen LogP contribution in [0.25, 0.3) is 0 Å². The van der Waals surface area contributed by atoms with Gasteiger partial charge in [0.05, 0.1) is 6.10 Å². The zero-order chi connectivity index (χ0) is 12.9. The second-order valence-electron chi connectivity index (χ2n) is 3.58. The van der Waals surface area contributed by atoms with Gasteiger partial charge < -0.3 is 4.74 Å². The lowest BCUT2D eigenvalue weighted by molar-refractivity contribution is 0.121. The van der Waals surface area contributed by atoms with E-state index in [2.05, 4.69) is 4.74 Å². The van der Waals surface area contributed by atoms with E-state index in [1.807, 2.05) is 0 Å². The molecule has 0 aromatic carbocycles. The van der Waals surface area contributed by atoms with Crippen molar-refractivity contribution in [3.05, 3.63) is 0 Å². The summed E-state index contributed by atoms with van der Waals surface area (Å²) < 4.78 is 30.6. The molecule has 0 fully saturated rings. The summed E-state index contributed by atoms with van der Waals surface area (Å²) in [5, 5.41) is 0. The minimum Gasteiger partial charge on any atom is -0.446 e. The van der Waals surface area contributed by atoms with Gasteiger partial charge in [0.1, 0.15) is 0 Å². The van der Waals surface area contributed by atoms with Crippen LogP contribution in [0.5, 0.6) is 0 Å². The first-order valence-corrected chi connectivity index (χ1v) is 6.70. The van der Waals surface area contributed by atoms with Gasteiger partial charge in [-0.1, -0.05) is 0 Å². The summed E-state index contributed by atoms with van der Waals surface area (Å²) in [7, 11) is -2.56. The summed E-state index contributed by atoms with van der Waals surface area (Å²) in [6.07, 6.45) is -1.38. The van der Waals surface area contributed by atoms with Crippen LogP contribution in [0.1, 0.15) is 20.8 Å². The summed E-state index contributed by atoms with van der Waals surface area (Å²) in [5.74, 6) is 0.136. The Kier molecular flexibility index (Phi) is 6.06. The maximum Gasteiger partial charge on any atom is 0.422 e. The highest BCUT2D eigenvalue weighted by Gasteiger charge is 2.25. The first-order valence-electron chi connectivity index (χ1n) is 4.73. The van der Waals surface area contributed by atoms with Gasteiger partial charge in [-0.3, -0.25) is 0 Å². The molecule has 16 heavy (non-hydrogen) atoms. The molecule has 1 atom stereocenters. The molecule has 0 aliphatic rings. The van der Waals surface area contributed by atoms with Crippen molar-refractivity contribution in [2.24, 2.45) is 0 Å². The van der Waals surface area contributed by atoms with Gasteiger partial charge in [-0.15, -0.1) is 11.6 Å². The minimum atomic E-state index is -3.89. The summed E-state index contributed by atoms with van der Waals surface area (Å²) >= 11 is 5.52. The number of amides is 1. The molecule has 0 heterocycles. The molecule has 0 rings (SSSR count). The van der Waals surface area contributed by atoms with Crippen LogP contribution in [0.3, 0.4) is 0 Å². The summed E-state index contributed by atoms with van der Waals surface area (Å²) in [5.41, 5.74) is 0. The van der Waals surface area contributed by atoms with Crippen LogP contribution in [-0.2, 0) is 14.9 Å². The van der Waals surface area contributed by atoms with Crippen LogP contribution in [0.15, 0.2) is 0 Å². The second kappa shape index (κ2) is 6.27. The predicted molar refractivity (Wildman–Crippen MR) is 61.6 cm³/mol. The average molecular weight is 273 g/mol. The fourth-order valence-corrected chi connectivity index (χ4v) is 1.99. The largest absolute Gasteiger partial charge is 0.446 e. The van der Waals surface area contributed by atoms with E-state index in [0.29, 0.717) is 0 Å². The quantitative estimate of drug-likeness (QED) is 0.756. The third kappa shape index (κ3) is 5.00. The number of carbonyl (C=O) groups excluding carboxylic acids is 1. The Hall–Kier alpha value is -0.530. The van der Waals surface area contributed by atoms with E-state index in [-0.39, 0.29) is 12.0 Å². The molecule has 0 aliphatic carbocycles. The third-order valence-corrected chi connectivity index (χ3v) is 3.77. The van der Waals surface area contributed by atoms with E-state index in [4.69, 9.17) is 11.6 Å². The Balaban J connectivity index is 4.52. The lowest BCUT2D eigenvalue weighted by Crippen LogP contribution is -2.46. The fraction of sp³-hybridized carbons (Fsp3) is 0.875. The molecule has 96 valence electrons. The lowest BCUT2D eigenvalue weighted by Gasteiger charge is -2.22. The molecule has 0 radical (unpaired) electrons. The van der Waals surface area contributed by atoms with Crippen molar-refractivity contribution in [2.75, 3.05) is 12.9 Å². The van der Waals surface area contributed by atoms with Gasteiger partial charge in [-0.05, 0) is 20.8 Å². The number of ether oxygens (including phenoxy) is 1. The van der Waals surface area contributed by atoms with Crippen molar-refractivity contribution in [3.63, 3.8) is 0 Å². The van der Waals surface area contributed by atoms with E-state index >= 15 is 0 Å². The molecule has 0 saturated carbocycles. The maximum absolute atomic E-state index is 11.6. The van der Waals surface area contributed by atoms with Crippen molar-refractivity contribution in [2.45, 2.75) is 32.9 Å². The van der Waals surface area contributed by atoms with Crippen molar-refractivity contribution >= 4 is 27.9 Å².